The van der Waals surface area contributed by atoms with E-state index in [-0.39, 0.29) is 5.56 Å². The fraction of sp³-hybridized carbons (Fsp3) is 0.167. The number of aliphatic carboxylic acids is 1. The van der Waals surface area contributed by atoms with E-state index in [0.29, 0.717) is 15.8 Å². The van der Waals surface area contributed by atoms with E-state index in [4.69, 9.17) is 9.84 Å². The first-order valence-electron chi connectivity index (χ1n) is 4.86. The van der Waals surface area contributed by atoms with Crippen molar-refractivity contribution in [3.05, 3.63) is 33.8 Å². The Balaban J connectivity index is 3.26. The van der Waals surface area contributed by atoms with Crippen LogP contribution >= 0.6 is 15.9 Å². The van der Waals surface area contributed by atoms with E-state index in [0.717, 1.165) is 6.08 Å². The molecule has 0 heterocycles. The molecule has 0 atom stereocenters. The van der Waals surface area contributed by atoms with Gasteiger partial charge in [-0.1, -0.05) is 15.9 Å². The van der Waals surface area contributed by atoms with Gasteiger partial charge in [0, 0.05) is 10.5 Å². The number of halogens is 1. The number of carboxylic acids is 1. The number of hydrogen-bond donors (Lipinski definition) is 1. The summed E-state index contributed by atoms with van der Waals surface area (Å²) in [7, 11) is 2.69. The van der Waals surface area contributed by atoms with Crippen molar-refractivity contribution in [3.8, 4) is 5.75 Å². The van der Waals surface area contributed by atoms with Crippen LogP contribution in [0.15, 0.2) is 22.7 Å². The fourth-order valence-corrected chi connectivity index (χ4v) is 1.77. The normalized spacial score (nSPS) is 10.4. The van der Waals surface area contributed by atoms with Crippen molar-refractivity contribution in [2.45, 2.75) is 0 Å². The van der Waals surface area contributed by atoms with Crippen LogP contribution in [0, 0.1) is 0 Å². The van der Waals surface area contributed by atoms with Gasteiger partial charge in [-0.25, -0.2) is 9.59 Å². The van der Waals surface area contributed by atoms with Gasteiger partial charge in [0.25, 0.3) is 0 Å². The highest BCUT2D eigenvalue weighted by Gasteiger charge is 2.15. The summed E-state index contributed by atoms with van der Waals surface area (Å²) < 4.78 is 10.3. The number of carbonyl (C=O) groups is 2. The van der Waals surface area contributed by atoms with Crippen molar-refractivity contribution < 1.29 is 24.2 Å². The lowest BCUT2D eigenvalue weighted by atomic mass is 10.1. The Morgan fingerprint density at radius 2 is 2.00 bits per heavy atom. The average Bonchev–Trinajstić information content (AvgIpc) is 2.35. The molecule has 0 fully saturated rings. The molecule has 0 radical (unpaired) electrons. The highest BCUT2D eigenvalue weighted by atomic mass is 79.9. The van der Waals surface area contributed by atoms with Crippen LogP contribution in [0.1, 0.15) is 15.9 Å². The zero-order chi connectivity index (χ0) is 13.7. The van der Waals surface area contributed by atoms with Gasteiger partial charge in [-0.15, -0.1) is 0 Å². The number of carboxylic acid groups (broad SMARTS) is 1. The summed E-state index contributed by atoms with van der Waals surface area (Å²) in [5.74, 6) is -1.27. The minimum atomic E-state index is -1.06. The summed E-state index contributed by atoms with van der Waals surface area (Å²) in [6.07, 6.45) is 2.40. The van der Waals surface area contributed by atoms with E-state index < -0.39 is 11.9 Å². The number of rotatable bonds is 4. The molecule has 0 unspecified atom stereocenters. The Hall–Kier alpha value is -1.82. The SMILES string of the molecule is COC(=O)c1cc(Br)c(/C=C/C(=O)O)cc1OC. The molecule has 0 aliphatic rings. The maximum atomic E-state index is 11.5. The molecule has 0 aromatic heterocycles. The summed E-state index contributed by atoms with van der Waals surface area (Å²) in [6, 6.07) is 3.07. The van der Waals surface area contributed by atoms with Crippen molar-refractivity contribution >= 4 is 33.9 Å². The van der Waals surface area contributed by atoms with Crippen molar-refractivity contribution in [1.29, 1.82) is 0 Å². The molecule has 96 valence electrons. The van der Waals surface area contributed by atoms with E-state index in [9.17, 15) is 9.59 Å². The molecule has 0 spiro atoms. The van der Waals surface area contributed by atoms with Crippen LogP contribution in [-0.2, 0) is 9.53 Å². The second kappa shape index (κ2) is 6.20. The predicted octanol–water partition coefficient (Wildman–Crippen LogP) is 2.34. The maximum Gasteiger partial charge on any atom is 0.341 e. The maximum absolute atomic E-state index is 11.5. The molecule has 1 rings (SSSR count). The second-order valence-corrected chi connectivity index (χ2v) is 4.09. The number of methoxy groups -OCH3 is 2. The van der Waals surface area contributed by atoms with E-state index >= 15 is 0 Å². The molecular formula is C12H11BrO5. The topological polar surface area (TPSA) is 72.8 Å². The third-order valence-corrected chi connectivity index (χ3v) is 2.82. The molecule has 0 bridgehead atoms. The molecule has 1 aromatic carbocycles. The minimum Gasteiger partial charge on any atom is -0.496 e. The second-order valence-electron chi connectivity index (χ2n) is 3.24. The summed E-state index contributed by atoms with van der Waals surface area (Å²) >= 11 is 3.25. The highest BCUT2D eigenvalue weighted by Crippen LogP contribution is 2.28. The van der Waals surface area contributed by atoms with Gasteiger partial charge in [0.2, 0.25) is 0 Å². The van der Waals surface area contributed by atoms with Crippen molar-refractivity contribution in [3.63, 3.8) is 0 Å². The zero-order valence-corrected chi connectivity index (χ0v) is 11.4. The predicted molar refractivity (Wildman–Crippen MR) is 68.7 cm³/mol. The lowest BCUT2D eigenvalue weighted by molar-refractivity contribution is -0.131. The number of esters is 1. The Bertz CT molecular complexity index is 507. The van der Waals surface area contributed by atoms with Crippen LogP contribution in [0.25, 0.3) is 6.08 Å². The smallest absolute Gasteiger partial charge is 0.341 e. The van der Waals surface area contributed by atoms with E-state index in [1.165, 1.54) is 26.4 Å². The quantitative estimate of drug-likeness (QED) is 0.682. The number of carbonyl (C=O) groups excluding carboxylic acids is 1. The highest BCUT2D eigenvalue weighted by molar-refractivity contribution is 9.10. The van der Waals surface area contributed by atoms with Gasteiger partial charge in [0.05, 0.1) is 14.2 Å². The molecule has 0 aliphatic carbocycles. The lowest BCUT2D eigenvalue weighted by Crippen LogP contribution is -2.04. The fourth-order valence-electron chi connectivity index (χ4n) is 1.30. The minimum absolute atomic E-state index is 0.263. The van der Waals surface area contributed by atoms with E-state index in [1.807, 2.05) is 0 Å². The molecule has 0 amide bonds. The van der Waals surface area contributed by atoms with Gasteiger partial charge in [-0.2, -0.15) is 0 Å². The summed E-state index contributed by atoms with van der Waals surface area (Å²) in [6.45, 7) is 0. The van der Waals surface area contributed by atoms with Crippen LogP contribution in [-0.4, -0.2) is 31.3 Å². The standard InChI is InChI=1S/C12H11BrO5/c1-17-10-5-7(3-4-11(14)15)9(13)6-8(10)12(16)18-2/h3-6H,1-2H3,(H,14,15)/b4-3+. The molecule has 18 heavy (non-hydrogen) atoms. The monoisotopic (exact) mass is 314 g/mol. The lowest BCUT2D eigenvalue weighted by Gasteiger charge is -2.09. The van der Waals surface area contributed by atoms with Crippen LogP contribution in [0.4, 0.5) is 0 Å². The number of hydrogen-bond acceptors (Lipinski definition) is 4. The molecule has 0 aliphatic heterocycles. The first-order valence-corrected chi connectivity index (χ1v) is 5.65. The molecule has 6 heteroatoms. The van der Waals surface area contributed by atoms with Gasteiger partial charge in [0.15, 0.2) is 0 Å². The van der Waals surface area contributed by atoms with Crippen LogP contribution in [0.2, 0.25) is 0 Å². The Labute approximate surface area is 112 Å². The van der Waals surface area contributed by atoms with E-state index in [2.05, 4.69) is 20.7 Å². The van der Waals surface area contributed by atoms with Gasteiger partial charge >= 0.3 is 11.9 Å². The van der Waals surface area contributed by atoms with Gasteiger partial charge in [0.1, 0.15) is 11.3 Å². The van der Waals surface area contributed by atoms with Crippen LogP contribution in [0.3, 0.4) is 0 Å². The van der Waals surface area contributed by atoms with Crippen molar-refractivity contribution in [2.24, 2.45) is 0 Å². The van der Waals surface area contributed by atoms with E-state index in [1.54, 1.807) is 6.07 Å². The van der Waals surface area contributed by atoms with Crippen LogP contribution < -0.4 is 4.74 Å². The number of ether oxygens (including phenoxy) is 2. The third-order valence-electron chi connectivity index (χ3n) is 2.13. The summed E-state index contributed by atoms with van der Waals surface area (Å²) in [5.41, 5.74) is 0.848. The molecule has 0 saturated carbocycles. The zero-order valence-electron chi connectivity index (χ0n) is 9.77. The van der Waals surface area contributed by atoms with Gasteiger partial charge < -0.3 is 14.6 Å². The van der Waals surface area contributed by atoms with Crippen molar-refractivity contribution in [1.82, 2.24) is 0 Å². The Kier molecular flexibility index (Phi) is 4.91. The van der Waals surface area contributed by atoms with Gasteiger partial charge in [-0.3, -0.25) is 0 Å². The average molecular weight is 315 g/mol. The summed E-state index contributed by atoms with van der Waals surface area (Å²) in [4.78, 5) is 21.9. The third kappa shape index (κ3) is 3.33. The number of benzene rings is 1. The first-order chi connectivity index (χ1) is 8.49. The van der Waals surface area contributed by atoms with Crippen LogP contribution in [0.5, 0.6) is 5.75 Å². The molecule has 1 aromatic rings. The van der Waals surface area contributed by atoms with Gasteiger partial charge in [-0.05, 0) is 23.8 Å². The van der Waals surface area contributed by atoms with Crippen molar-refractivity contribution in [2.75, 3.05) is 14.2 Å². The molecular weight excluding hydrogens is 304 g/mol. The first kappa shape index (κ1) is 14.2. The largest absolute Gasteiger partial charge is 0.496 e. The molecule has 1 N–H and O–H groups in total. The molecule has 0 saturated heterocycles. The Morgan fingerprint density at radius 3 is 2.50 bits per heavy atom. The Morgan fingerprint density at radius 1 is 1.33 bits per heavy atom. The molecule has 5 nitrogen and oxygen atoms in total. The summed E-state index contributed by atoms with van der Waals surface area (Å²) in [5, 5.41) is 8.57.